The summed E-state index contributed by atoms with van der Waals surface area (Å²) in [5, 5.41) is 4.05. The zero-order chi connectivity index (χ0) is 14.4. The molecule has 2 aromatic carbocycles. The molecule has 0 amide bonds. The number of benzene rings is 2. The molecule has 0 unspecified atom stereocenters. The molecule has 0 fully saturated rings. The lowest BCUT2D eigenvalue weighted by atomic mass is 10.1. The van der Waals surface area contributed by atoms with Crippen LogP contribution in [0.4, 0.5) is 0 Å². The Morgan fingerprint density at radius 3 is 2.70 bits per heavy atom. The molecule has 0 spiro atoms. The molecule has 4 heteroatoms. The van der Waals surface area contributed by atoms with Gasteiger partial charge < -0.3 is 4.74 Å². The van der Waals surface area contributed by atoms with Gasteiger partial charge in [0.15, 0.2) is 0 Å². The van der Waals surface area contributed by atoms with E-state index in [-0.39, 0.29) is 5.97 Å². The van der Waals surface area contributed by atoms with Gasteiger partial charge >= 0.3 is 5.97 Å². The van der Waals surface area contributed by atoms with E-state index in [4.69, 9.17) is 10.6 Å². The molecule has 4 nitrogen and oxygen atoms in total. The van der Waals surface area contributed by atoms with Crippen LogP contribution in [0, 0.1) is 0 Å². The van der Waals surface area contributed by atoms with E-state index >= 15 is 0 Å². The van der Waals surface area contributed by atoms with Crippen molar-refractivity contribution >= 4 is 16.7 Å². The van der Waals surface area contributed by atoms with E-state index in [0.29, 0.717) is 26.1 Å². The highest BCUT2D eigenvalue weighted by Gasteiger charge is 2.06. The quantitative estimate of drug-likeness (QED) is 0.498. The Hall–Kier alpha value is -1.91. The molecule has 0 aliphatic carbocycles. The maximum atomic E-state index is 11.3. The maximum absolute atomic E-state index is 11.3. The number of hydrogen-bond donors (Lipinski definition) is 1. The van der Waals surface area contributed by atoms with Crippen LogP contribution in [0.3, 0.4) is 0 Å². The predicted octanol–water partition coefficient (Wildman–Crippen LogP) is 2.47. The van der Waals surface area contributed by atoms with Gasteiger partial charge in [-0.25, -0.2) is 5.01 Å². The molecule has 0 atom stereocenters. The summed E-state index contributed by atoms with van der Waals surface area (Å²) in [6.07, 6.45) is 0.317. The Morgan fingerprint density at radius 2 is 1.95 bits per heavy atom. The molecule has 0 saturated heterocycles. The predicted molar refractivity (Wildman–Crippen MR) is 79.8 cm³/mol. The van der Waals surface area contributed by atoms with Crippen LogP contribution in [0.2, 0.25) is 0 Å². The van der Waals surface area contributed by atoms with E-state index in [1.54, 1.807) is 11.9 Å². The molecule has 0 aromatic heterocycles. The van der Waals surface area contributed by atoms with Crippen molar-refractivity contribution in [3.63, 3.8) is 0 Å². The standard InChI is InChI=1S/C16H20N2O2/c1-2-20-16(19)9-10-18(17)12-13-7-8-14-5-3-4-6-15(14)11-13/h3-8,11H,2,9-10,12,17H2,1H3. The number of hydrogen-bond acceptors (Lipinski definition) is 4. The molecule has 20 heavy (non-hydrogen) atoms. The van der Waals surface area contributed by atoms with E-state index < -0.39 is 0 Å². The summed E-state index contributed by atoms with van der Waals surface area (Å²) in [4.78, 5) is 11.3. The molecule has 0 bridgehead atoms. The second kappa shape index (κ2) is 7.03. The summed E-state index contributed by atoms with van der Waals surface area (Å²) in [6.45, 7) is 3.32. The Morgan fingerprint density at radius 1 is 1.20 bits per heavy atom. The second-order valence-electron chi connectivity index (χ2n) is 4.71. The maximum Gasteiger partial charge on any atom is 0.307 e. The number of nitrogens with zero attached hydrogens (tertiary/aromatic N) is 1. The van der Waals surface area contributed by atoms with Gasteiger partial charge in [0.25, 0.3) is 0 Å². The van der Waals surface area contributed by atoms with E-state index in [1.807, 2.05) is 12.1 Å². The van der Waals surface area contributed by atoms with Crippen LogP contribution in [-0.4, -0.2) is 24.1 Å². The first kappa shape index (κ1) is 14.5. The molecule has 2 rings (SSSR count). The molecular formula is C16H20N2O2. The molecule has 2 aromatic rings. The zero-order valence-electron chi connectivity index (χ0n) is 11.7. The Bertz CT molecular complexity index is 583. The summed E-state index contributed by atoms with van der Waals surface area (Å²) in [5.41, 5.74) is 1.13. The number of rotatable bonds is 6. The Kier molecular flexibility index (Phi) is 5.09. The van der Waals surface area contributed by atoms with Crippen molar-refractivity contribution in [1.29, 1.82) is 0 Å². The van der Waals surface area contributed by atoms with Crippen LogP contribution in [0.1, 0.15) is 18.9 Å². The first-order valence-electron chi connectivity index (χ1n) is 6.82. The third-order valence-corrected chi connectivity index (χ3v) is 3.11. The lowest BCUT2D eigenvalue weighted by Crippen LogP contribution is -2.32. The van der Waals surface area contributed by atoms with Crippen molar-refractivity contribution in [3.05, 3.63) is 48.0 Å². The van der Waals surface area contributed by atoms with Crippen LogP contribution in [0.15, 0.2) is 42.5 Å². The monoisotopic (exact) mass is 272 g/mol. The minimum Gasteiger partial charge on any atom is -0.466 e. The highest BCUT2D eigenvalue weighted by Crippen LogP contribution is 2.16. The van der Waals surface area contributed by atoms with Crippen molar-refractivity contribution in [1.82, 2.24) is 5.01 Å². The molecule has 0 saturated carbocycles. The van der Waals surface area contributed by atoms with Gasteiger partial charge in [0.05, 0.1) is 13.0 Å². The smallest absolute Gasteiger partial charge is 0.307 e. The Balaban J connectivity index is 1.92. The average molecular weight is 272 g/mol. The van der Waals surface area contributed by atoms with E-state index in [2.05, 4.69) is 30.3 Å². The van der Waals surface area contributed by atoms with Crippen molar-refractivity contribution in [3.8, 4) is 0 Å². The van der Waals surface area contributed by atoms with Gasteiger partial charge in [0, 0.05) is 13.1 Å². The normalized spacial score (nSPS) is 10.9. The highest BCUT2D eigenvalue weighted by molar-refractivity contribution is 5.82. The van der Waals surface area contributed by atoms with Crippen LogP contribution >= 0.6 is 0 Å². The van der Waals surface area contributed by atoms with Gasteiger partial charge in [-0.2, -0.15) is 0 Å². The van der Waals surface area contributed by atoms with E-state index in [9.17, 15) is 4.79 Å². The van der Waals surface area contributed by atoms with Gasteiger partial charge in [0.2, 0.25) is 0 Å². The Labute approximate surface area is 119 Å². The third kappa shape index (κ3) is 4.05. The number of fused-ring (bicyclic) bond motifs is 1. The van der Waals surface area contributed by atoms with Crippen molar-refractivity contribution in [2.75, 3.05) is 13.2 Å². The van der Waals surface area contributed by atoms with Crippen molar-refractivity contribution in [2.24, 2.45) is 5.84 Å². The van der Waals surface area contributed by atoms with Crippen molar-refractivity contribution < 1.29 is 9.53 Å². The van der Waals surface area contributed by atoms with Crippen LogP contribution in [0.5, 0.6) is 0 Å². The molecule has 2 N–H and O–H groups in total. The van der Waals surface area contributed by atoms with E-state index in [0.717, 1.165) is 5.56 Å². The SMILES string of the molecule is CCOC(=O)CCN(N)Cc1ccc2ccccc2c1. The molecule has 0 heterocycles. The number of ether oxygens (including phenoxy) is 1. The van der Waals surface area contributed by atoms with Gasteiger partial charge in [-0.15, -0.1) is 0 Å². The fourth-order valence-electron chi connectivity index (χ4n) is 2.12. The molecular weight excluding hydrogens is 252 g/mol. The fourth-order valence-corrected chi connectivity index (χ4v) is 2.12. The molecule has 106 valence electrons. The minimum absolute atomic E-state index is 0.207. The lowest BCUT2D eigenvalue weighted by Gasteiger charge is -2.16. The van der Waals surface area contributed by atoms with Crippen LogP contribution in [0.25, 0.3) is 10.8 Å². The van der Waals surface area contributed by atoms with Gasteiger partial charge in [-0.05, 0) is 29.3 Å². The number of hydrazine groups is 1. The number of carbonyl (C=O) groups is 1. The minimum atomic E-state index is -0.207. The van der Waals surface area contributed by atoms with Gasteiger partial charge in [0.1, 0.15) is 0 Å². The lowest BCUT2D eigenvalue weighted by molar-refractivity contribution is -0.143. The van der Waals surface area contributed by atoms with Crippen molar-refractivity contribution in [2.45, 2.75) is 19.9 Å². The molecule has 0 radical (unpaired) electrons. The highest BCUT2D eigenvalue weighted by atomic mass is 16.5. The second-order valence-corrected chi connectivity index (χ2v) is 4.71. The summed E-state index contributed by atoms with van der Waals surface area (Å²) >= 11 is 0. The third-order valence-electron chi connectivity index (χ3n) is 3.11. The van der Waals surface area contributed by atoms with Crippen LogP contribution in [-0.2, 0) is 16.1 Å². The summed E-state index contributed by atoms with van der Waals surface area (Å²) < 4.78 is 4.88. The average Bonchev–Trinajstić information content (AvgIpc) is 2.45. The fraction of sp³-hybridized carbons (Fsp3) is 0.312. The topological polar surface area (TPSA) is 55.6 Å². The van der Waals surface area contributed by atoms with E-state index in [1.165, 1.54) is 10.8 Å². The summed E-state index contributed by atoms with van der Waals surface area (Å²) in [7, 11) is 0. The first-order valence-corrected chi connectivity index (χ1v) is 6.82. The zero-order valence-corrected chi connectivity index (χ0v) is 11.7. The number of esters is 1. The van der Waals surface area contributed by atoms with Gasteiger partial charge in [-0.1, -0.05) is 36.4 Å². The van der Waals surface area contributed by atoms with Crippen LogP contribution < -0.4 is 5.84 Å². The summed E-state index contributed by atoms with van der Waals surface area (Å²) in [6, 6.07) is 14.5. The largest absolute Gasteiger partial charge is 0.466 e. The number of carbonyl (C=O) groups excluding carboxylic acids is 1. The molecule has 0 aliphatic heterocycles. The molecule has 0 aliphatic rings. The number of nitrogens with two attached hydrogens (primary N) is 1. The summed E-state index contributed by atoms with van der Waals surface area (Å²) in [5.74, 6) is 5.71. The first-order chi connectivity index (χ1) is 9.69. The van der Waals surface area contributed by atoms with Gasteiger partial charge in [-0.3, -0.25) is 10.6 Å².